The number of hydrogen-bond acceptors (Lipinski definition) is 7. The Morgan fingerprint density at radius 1 is 1.44 bits per heavy atom. The molecule has 1 unspecified atom stereocenters. The van der Waals surface area contributed by atoms with E-state index in [4.69, 9.17) is 11.2 Å². The van der Waals surface area contributed by atoms with E-state index in [1.54, 1.807) is 14.0 Å². The van der Waals surface area contributed by atoms with Gasteiger partial charge in [0.25, 0.3) is 5.95 Å². The van der Waals surface area contributed by atoms with Crippen molar-refractivity contribution in [3.63, 3.8) is 0 Å². The first-order valence-electron chi connectivity index (χ1n) is 5.14. The van der Waals surface area contributed by atoms with Crippen molar-refractivity contribution in [3.05, 3.63) is 12.7 Å². The number of nitrogens with one attached hydrogen (secondary N) is 1. The largest absolute Gasteiger partial charge is 0.447 e. The molecule has 2 aromatic rings. The zero-order valence-electron chi connectivity index (χ0n) is 9.90. The van der Waals surface area contributed by atoms with Gasteiger partial charge in [0.1, 0.15) is 12.7 Å². The van der Waals surface area contributed by atoms with E-state index in [-0.39, 0.29) is 6.01 Å². The molecule has 92 valence electrons. The minimum absolute atomic E-state index is 0.130. The van der Waals surface area contributed by atoms with Gasteiger partial charge in [-0.3, -0.25) is 0 Å². The second-order valence-corrected chi connectivity index (χ2v) is 3.26. The highest BCUT2D eigenvalue weighted by atomic mass is 16.5. The van der Waals surface area contributed by atoms with Crippen LogP contribution in [0.5, 0.6) is 6.01 Å². The van der Waals surface area contributed by atoms with E-state index in [9.17, 15) is 0 Å². The molecule has 0 aliphatic heterocycles. The molecule has 0 bridgehead atoms. The van der Waals surface area contributed by atoms with Crippen molar-refractivity contribution in [2.75, 3.05) is 12.4 Å². The molecular formula is C10H11N7O. The third-order valence-corrected chi connectivity index (χ3v) is 1.97. The summed E-state index contributed by atoms with van der Waals surface area (Å²) < 4.78 is 6.74. The van der Waals surface area contributed by atoms with Crippen molar-refractivity contribution in [1.82, 2.24) is 29.7 Å². The molecule has 2 rings (SSSR count). The van der Waals surface area contributed by atoms with Crippen LogP contribution in [0.1, 0.15) is 6.92 Å². The standard InChI is InChI=1S/C10H11N7O/c1-4-7(2)18-10-15-8(11-3)14-9(16-10)17-6-12-5-13-17/h1,5-7H,2-3H3,(H,11,14,15,16). The van der Waals surface area contributed by atoms with E-state index in [0.717, 1.165) is 0 Å². The van der Waals surface area contributed by atoms with E-state index < -0.39 is 6.10 Å². The molecule has 0 fully saturated rings. The van der Waals surface area contributed by atoms with Crippen LogP contribution in [0.2, 0.25) is 0 Å². The molecule has 0 radical (unpaired) electrons. The summed E-state index contributed by atoms with van der Waals surface area (Å²) in [6.45, 7) is 1.72. The Bertz CT molecular complexity index is 560. The van der Waals surface area contributed by atoms with Gasteiger partial charge < -0.3 is 10.1 Å². The van der Waals surface area contributed by atoms with Crippen molar-refractivity contribution in [1.29, 1.82) is 0 Å². The lowest BCUT2D eigenvalue weighted by Crippen LogP contribution is -2.14. The summed E-state index contributed by atoms with van der Waals surface area (Å²) in [6.07, 6.45) is 7.66. The van der Waals surface area contributed by atoms with Gasteiger partial charge in [0.15, 0.2) is 6.10 Å². The Balaban J connectivity index is 2.37. The van der Waals surface area contributed by atoms with Crippen molar-refractivity contribution >= 4 is 5.95 Å². The molecule has 0 aliphatic carbocycles. The van der Waals surface area contributed by atoms with Gasteiger partial charge >= 0.3 is 6.01 Å². The Morgan fingerprint density at radius 2 is 2.28 bits per heavy atom. The van der Waals surface area contributed by atoms with Crippen LogP contribution in [0.15, 0.2) is 12.7 Å². The maximum absolute atomic E-state index is 5.34. The average Bonchev–Trinajstić information content (AvgIpc) is 2.92. The van der Waals surface area contributed by atoms with Crippen LogP contribution < -0.4 is 10.1 Å². The van der Waals surface area contributed by atoms with Crippen LogP contribution in [0.3, 0.4) is 0 Å². The molecule has 0 aromatic carbocycles. The first-order valence-corrected chi connectivity index (χ1v) is 5.14. The number of aromatic nitrogens is 6. The number of hydrogen-bond donors (Lipinski definition) is 1. The summed E-state index contributed by atoms with van der Waals surface area (Å²) in [4.78, 5) is 16.1. The van der Waals surface area contributed by atoms with Crippen LogP contribution in [0.25, 0.3) is 5.95 Å². The third kappa shape index (κ3) is 2.52. The average molecular weight is 245 g/mol. The first kappa shape index (κ1) is 11.8. The zero-order chi connectivity index (χ0) is 13.0. The number of rotatable bonds is 4. The highest BCUT2D eigenvalue weighted by molar-refractivity contribution is 5.28. The molecule has 2 aromatic heterocycles. The van der Waals surface area contributed by atoms with Gasteiger partial charge in [0, 0.05) is 7.05 Å². The van der Waals surface area contributed by atoms with Crippen LogP contribution >= 0.6 is 0 Å². The van der Waals surface area contributed by atoms with Gasteiger partial charge in [-0.1, -0.05) is 5.92 Å². The first-order chi connectivity index (χ1) is 8.72. The predicted octanol–water partition coefficient (Wildman–Crippen LogP) is -0.106. The monoisotopic (exact) mass is 245 g/mol. The molecule has 18 heavy (non-hydrogen) atoms. The van der Waals surface area contributed by atoms with Crippen molar-refractivity contribution in [2.45, 2.75) is 13.0 Å². The van der Waals surface area contributed by atoms with Crippen molar-refractivity contribution in [2.24, 2.45) is 0 Å². The highest BCUT2D eigenvalue weighted by Crippen LogP contribution is 2.10. The number of anilines is 1. The summed E-state index contributed by atoms with van der Waals surface area (Å²) in [5.41, 5.74) is 0. The molecule has 8 heteroatoms. The molecule has 0 spiro atoms. The quantitative estimate of drug-likeness (QED) is 0.752. The lowest BCUT2D eigenvalue weighted by molar-refractivity contribution is 0.255. The van der Waals surface area contributed by atoms with E-state index in [1.807, 2.05) is 0 Å². The maximum Gasteiger partial charge on any atom is 0.324 e. The summed E-state index contributed by atoms with van der Waals surface area (Å²) in [7, 11) is 1.69. The molecule has 8 nitrogen and oxygen atoms in total. The molecule has 1 atom stereocenters. The topological polar surface area (TPSA) is 90.6 Å². The Kier molecular flexibility index (Phi) is 3.33. The number of terminal acetylenes is 1. The summed E-state index contributed by atoms with van der Waals surface area (Å²) >= 11 is 0. The third-order valence-electron chi connectivity index (χ3n) is 1.97. The molecule has 0 saturated carbocycles. The van der Waals surface area contributed by atoms with Gasteiger partial charge in [-0.2, -0.15) is 24.7 Å². The minimum atomic E-state index is -0.430. The Morgan fingerprint density at radius 3 is 2.89 bits per heavy atom. The summed E-state index contributed by atoms with van der Waals surface area (Å²) in [6, 6.07) is 0.130. The number of ether oxygens (including phenoxy) is 1. The lowest BCUT2D eigenvalue weighted by Gasteiger charge is -2.09. The summed E-state index contributed by atoms with van der Waals surface area (Å²) in [5.74, 6) is 3.08. The lowest BCUT2D eigenvalue weighted by atomic mass is 10.4. The van der Waals surface area contributed by atoms with Gasteiger partial charge in [-0.05, 0) is 6.92 Å². The molecule has 0 saturated heterocycles. The SMILES string of the molecule is C#CC(C)Oc1nc(NC)nc(-n2cncn2)n1. The predicted molar refractivity (Wildman–Crippen MR) is 63.2 cm³/mol. The normalized spacial score (nSPS) is 11.6. The Labute approximate surface area is 103 Å². The van der Waals surface area contributed by atoms with E-state index in [1.165, 1.54) is 17.3 Å². The molecular weight excluding hydrogens is 234 g/mol. The highest BCUT2D eigenvalue weighted by Gasteiger charge is 2.10. The smallest absolute Gasteiger partial charge is 0.324 e. The fourth-order valence-electron chi connectivity index (χ4n) is 1.12. The van der Waals surface area contributed by atoms with Gasteiger partial charge in [0.05, 0.1) is 0 Å². The van der Waals surface area contributed by atoms with Gasteiger partial charge in [-0.25, -0.2) is 4.98 Å². The summed E-state index contributed by atoms with van der Waals surface area (Å²) in [5, 5.41) is 6.74. The van der Waals surface area contributed by atoms with Crippen LogP contribution in [-0.4, -0.2) is 42.9 Å². The maximum atomic E-state index is 5.34. The van der Waals surface area contributed by atoms with Crippen LogP contribution in [-0.2, 0) is 0 Å². The van der Waals surface area contributed by atoms with Gasteiger partial charge in [-0.15, -0.1) is 6.42 Å². The Hall–Kier alpha value is -2.69. The molecule has 1 N–H and O–H groups in total. The number of nitrogens with zero attached hydrogens (tertiary/aromatic N) is 6. The molecule has 2 heterocycles. The second-order valence-electron chi connectivity index (χ2n) is 3.26. The zero-order valence-corrected chi connectivity index (χ0v) is 9.90. The fraction of sp³-hybridized carbons (Fsp3) is 0.300. The van der Waals surface area contributed by atoms with Crippen LogP contribution in [0, 0.1) is 12.3 Å². The van der Waals surface area contributed by atoms with Gasteiger partial charge in [0.2, 0.25) is 5.95 Å². The second kappa shape index (κ2) is 5.09. The molecule has 0 amide bonds. The minimum Gasteiger partial charge on any atom is -0.447 e. The van der Waals surface area contributed by atoms with E-state index in [0.29, 0.717) is 11.9 Å². The van der Waals surface area contributed by atoms with Crippen molar-refractivity contribution in [3.8, 4) is 24.3 Å². The van der Waals surface area contributed by atoms with E-state index in [2.05, 4.69) is 36.3 Å². The molecule has 0 aliphatic rings. The van der Waals surface area contributed by atoms with E-state index >= 15 is 0 Å². The van der Waals surface area contributed by atoms with Crippen LogP contribution in [0.4, 0.5) is 5.95 Å². The van der Waals surface area contributed by atoms with Crippen molar-refractivity contribution < 1.29 is 4.74 Å². The fourth-order valence-corrected chi connectivity index (χ4v) is 1.12.